The topological polar surface area (TPSA) is 24.9 Å². The number of nitrogens with zero attached hydrogens (tertiary/aromatic N) is 1. The van der Waals surface area contributed by atoms with Gasteiger partial charge in [0.05, 0.1) is 11.7 Å². The van der Waals surface area contributed by atoms with Crippen molar-refractivity contribution in [3.05, 3.63) is 63.9 Å². The van der Waals surface area contributed by atoms with E-state index in [0.717, 1.165) is 16.1 Å². The molecule has 1 atom stereocenters. The second-order valence-electron chi connectivity index (χ2n) is 5.35. The van der Waals surface area contributed by atoms with Crippen molar-refractivity contribution in [2.45, 2.75) is 31.2 Å². The van der Waals surface area contributed by atoms with E-state index in [1.165, 1.54) is 30.4 Å². The standard InChI is InChI=1S/C17H19BrN2/c1-19-16(17-15(18)10-5-11-20-17)14-9-3-2-8-13(14)12-6-4-7-12/h2-3,5,8-12,16,19H,4,6-7H2,1H3. The fourth-order valence-corrected chi connectivity index (χ4v) is 3.40. The Kier molecular flexibility index (Phi) is 4.18. The maximum atomic E-state index is 4.56. The summed E-state index contributed by atoms with van der Waals surface area (Å²) in [5, 5.41) is 3.43. The maximum Gasteiger partial charge on any atom is 0.0763 e. The van der Waals surface area contributed by atoms with Crippen LogP contribution in [0, 0.1) is 0 Å². The lowest BCUT2D eigenvalue weighted by molar-refractivity contribution is 0.414. The first-order chi connectivity index (χ1) is 9.81. The van der Waals surface area contributed by atoms with Crippen LogP contribution in [0.2, 0.25) is 0 Å². The van der Waals surface area contributed by atoms with E-state index in [-0.39, 0.29) is 6.04 Å². The molecule has 0 amide bonds. The molecule has 2 nitrogen and oxygen atoms in total. The van der Waals surface area contributed by atoms with Gasteiger partial charge in [-0.25, -0.2) is 0 Å². The molecule has 1 aliphatic rings. The third-order valence-corrected chi connectivity index (χ3v) is 4.87. The first-order valence-corrected chi connectivity index (χ1v) is 7.97. The van der Waals surface area contributed by atoms with Gasteiger partial charge in [0.25, 0.3) is 0 Å². The highest BCUT2D eigenvalue weighted by Gasteiger charge is 2.26. The van der Waals surface area contributed by atoms with Crippen LogP contribution >= 0.6 is 15.9 Å². The summed E-state index contributed by atoms with van der Waals surface area (Å²) in [5.74, 6) is 0.726. The summed E-state index contributed by atoms with van der Waals surface area (Å²) >= 11 is 3.63. The molecule has 1 fully saturated rings. The number of halogens is 1. The predicted molar refractivity (Wildman–Crippen MR) is 85.9 cm³/mol. The largest absolute Gasteiger partial charge is 0.308 e. The lowest BCUT2D eigenvalue weighted by Crippen LogP contribution is -2.22. The highest BCUT2D eigenvalue weighted by atomic mass is 79.9. The van der Waals surface area contributed by atoms with Gasteiger partial charge >= 0.3 is 0 Å². The molecule has 1 N–H and O–H groups in total. The zero-order valence-corrected chi connectivity index (χ0v) is 13.2. The molecule has 0 bridgehead atoms. The number of nitrogens with one attached hydrogen (secondary N) is 1. The van der Waals surface area contributed by atoms with E-state index in [9.17, 15) is 0 Å². The van der Waals surface area contributed by atoms with Crippen molar-refractivity contribution in [1.82, 2.24) is 10.3 Å². The lowest BCUT2D eigenvalue weighted by Gasteiger charge is -2.30. The van der Waals surface area contributed by atoms with E-state index < -0.39 is 0 Å². The van der Waals surface area contributed by atoms with Gasteiger partial charge in [0.15, 0.2) is 0 Å². The number of pyridine rings is 1. The highest BCUT2D eigenvalue weighted by molar-refractivity contribution is 9.10. The predicted octanol–water partition coefficient (Wildman–Crippen LogP) is 4.42. The molecule has 104 valence electrons. The van der Waals surface area contributed by atoms with Gasteiger partial charge in [0, 0.05) is 10.7 Å². The third kappa shape index (κ3) is 2.52. The van der Waals surface area contributed by atoms with Crippen molar-refractivity contribution in [3.8, 4) is 0 Å². The molecule has 1 aromatic heterocycles. The van der Waals surface area contributed by atoms with E-state index in [2.05, 4.69) is 56.6 Å². The van der Waals surface area contributed by atoms with Crippen LogP contribution in [-0.2, 0) is 0 Å². The summed E-state index contributed by atoms with van der Waals surface area (Å²) in [6, 6.07) is 12.9. The number of rotatable bonds is 4. The Balaban J connectivity index is 2.03. The van der Waals surface area contributed by atoms with Gasteiger partial charge in [-0.1, -0.05) is 30.7 Å². The molecule has 0 spiro atoms. The minimum atomic E-state index is 0.141. The van der Waals surface area contributed by atoms with Crippen LogP contribution in [0.15, 0.2) is 47.1 Å². The Labute approximate surface area is 128 Å². The second kappa shape index (κ2) is 6.06. The molecule has 20 heavy (non-hydrogen) atoms. The molecule has 1 aliphatic carbocycles. The molecule has 0 saturated heterocycles. The molecule has 0 radical (unpaired) electrons. The monoisotopic (exact) mass is 330 g/mol. The fourth-order valence-electron chi connectivity index (χ4n) is 2.91. The normalized spacial score (nSPS) is 16.7. The summed E-state index contributed by atoms with van der Waals surface area (Å²) < 4.78 is 1.06. The van der Waals surface area contributed by atoms with Crippen molar-refractivity contribution in [2.75, 3.05) is 7.05 Å². The maximum absolute atomic E-state index is 4.56. The Hall–Kier alpha value is -1.19. The smallest absolute Gasteiger partial charge is 0.0763 e. The van der Waals surface area contributed by atoms with Crippen molar-refractivity contribution < 1.29 is 0 Å². The zero-order valence-electron chi connectivity index (χ0n) is 11.6. The molecule has 3 rings (SSSR count). The van der Waals surface area contributed by atoms with Crippen LogP contribution in [0.3, 0.4) is 0 Å². The number of hydrogen-bond donors (Lipinski definition) is 1. The molecular formula is C17H19BrN2. The van der Waals surface area contributed by atoms with E-state index in [1.54, 1.807) is 0 Å². The summed E-state index contributed by atoms with van der Waals surface area (Å²) in [5.41, 5.74) is 3.90. The summed E-state index contributed by atoms with van der Waals surface area (Å²) in [6.45, 7) is 0. The van der Waals surface area contributed by atoms with Crippen LogP contribution in [0.4, 0.5) is 0 Å². The van der Waals surface area contributed by atoms with E-state index in [4.69, 9.17) is 0 Å². The molecule has 1 unspecified atom stereocenters. The third-order valence-electron chi connectivity index (χ3n) is 4.20. The number of aromatic nitrogens is 1. The molecule has 1 heterocycles. The van der Waals surface area contributed by atoms with Gasteiger partial charge < -0.3 is 5.32 Å². The van der Waals surface area contributed by atoms with Crippen LogP contribution in [-0.4, -0.2) is 12.0 Å². The highest BCUT2D eigenvalue weighted by Crippen LogP contribution is 2.40. The van der Waals surface area contributed by atoms with E-state index in [0.29, 0.717) is 0 Å². The van der Waals surface area contributed by atoms with Gasteiger partial charge in [-0.05, 0) is 65.0 Å². The van der Waals surface area contributed by atoms with E-state index in [1.807, 2.05) is 19.3 Å². The Bertz CT molecular complexity index is 593. The quantitative estimate of drug-likeness (QED) is 0.897. The Morgan fingerprint density at radius 3 is 2.65 bits per heavy atom. The van der Waals surface area contributed by atoms with Crippen LogP contribution in [0.1, 0.15) is 48.0 Å². The average molecular weight is 331 g/mol. The summed E-state index contributed by atoms with van der Waals surface area (Å²) in [4.78, 5) is 4.56. The fraction of sp³-hybridized carbons (Fsp3) is 0.353. The van der Waals surface area contributed by atoms with Crippen molar-refractivity contribution in [2.24, 2.45) is 0 Å². The van der Waals surface area contributed by atoms with E-state index >= 15 is 0 Å². The minimum absolute atomic E-state index is 0.141. The van der Waals surface area contributed by atoms with Gasteiger partial charge in [0.1, 0.15) is 0 Å². The molecule has 3 heteroatoms. The summed E-state index contributed by atoms with van der Waals surface area (Å²) in [6.07, 6.45) is 5.85. The molecule has 1 saturated carbocycles. The van der Waals surface area contributed by atoms with Crippen LogP contribution in [0.5, 0.6) is 0 Å². The molecule has 2 aromatic rings. The summed E-state index contributed by atoms with van der Waals surface area (Å²) in [7, 11) is 2.00. The first kappa shape index (κ1) is 13.8. The Morgan fingerprint density at radius 1 is 1.20 bits per heavy atom. The SMILES string of the molecule is CNC(c1ccccc1C1CCC1)c1ncccc1Br. The van der Waals surface area contributed by atoms with Gasteiger partial charge in [-0.3, -0.25) is 4.98 Å². The van der Waals surface area contributed by atoms with Crippen molar-refractivity contribution in [3.63, 3.8) is 0 Å². The molecule has 0 aliphatic heterocycles. The van der Waals surface area contributed by atoms with Gasteiger partial charge in [-0.15, -0.1) is 0 Å². The van der Waals surface area contributed by atoms with Crippen molar-refractivity contribution >= 4 is 15.9 Å². The zero-order chi connectivity index (χ0) is 13.9. The first-order valence-electron chi connectivity index (χ1n) is 7.17. The molecular weight excluding hydrogens is 312 g/mol. The minimum Gasteiger partial charge on any atom is -0.308 e. The van der Waals surface area contributed by atoms with Gasteiger partial charge in [0.2, 0.25) is 0 Å². The number of benzene rings is 1. The molecule has 1 aromatic carbocycles. The van der Waals surface area contributed by atoms with Crippen LogP contribution < -0.4 is 5.32 Å². The average Bonchev–Trinajstić information content (AvgIpc) is 2.41. The van der Waals surface area contributed by atoms with Crippen LogP contribution in [0.25, 0.3) is 0 Å². The Morgan fingerprint density at radius 2 is 2.00 bits per heavy atom. The lowest BCUT2D eigenvalue weighted by atomic mass is 9.77. The second-order valence-corrected chi connectivity index (χ2v) is 6.20. The van der Waals surface area contributed by atoms with Crippen molar-refractivity contribution in [1.29, 1.82) is 0 Å². The van der Waals surface area contributed by atoms with Gasteiger partial charge in [-0.2, -0.15) is 0 Å². The number of hydrogen-bond acceptors (Lipinski definition) is 2.